The van der Waals surface area contributed by atoms with Gasteiger partial charge in [-0.2, -0.15) is 5.10 Å². The summed E-state index contributed by atoms with van der Waals surface area (Å²) in [4.78, 5) is 14.8. The molecule has 0 radical (unpaired) electrons. The molecule has 1 amide bonds. The van der Waals surface area contributed by atoms with Gasteiger partial charge in [0.1, 0.15) is 10.9 Å². The van der Waals surface area contributed by atoms with Crippen LogP contribution >= 0.6 is 11.6 Å². The molecule has 28 heavy (non-hydrogen) atoms. The summed E-state index contributed by atoms with van der Waals surface area (Å²) in [7, 11) is 3.46. The molecule has 1 fully saturated rings. The molecule has 1 unspecified atom stereocenters. The number of para-hydroxylation sites is 1. The van der Waals surface area contributed by atoms with Crippen molar-refractivity contribution in [3.8, 4) is 5.75 Å². The topological polar surface area (TPSA) is 59.4 Å². The number of amides is 1. The molecule has 0 spiro atoms. The highest BCUT2D eigenvalue weighted by Gasteiger charge is 2.26. The fourth-order valence-corrected chi connectivity index (χ4v) is 3.92. The molecule has 6 nitrogen and oxygen atoms in total. The van der Waals surface area contributed by atoms with E-state index in [9.17, 15) is 4.79 Å². The molecule has 1 saturated heterocycles. The molecule has 150 valence electrons. The van der Waals surface area contributed by atoms with Crippen LogP contribution in [0.3, 0.4) is 0 Å². The molecular weight excluding hydrogens is 376 g/mol. The Morgan fingerprint density at radius 3 is 2.71 bits per heavy atom. The van der Waals surface area contributed by atoms with Crippen molar-refractivity contribution >= 4 is 23.6 Å². The molecule has 1 N–H and O–H groups in total. The highest BCUT2D eigenvalue weighted by atomic mass is 35.5. The highest BCUT2D eigenvalue weighted by molar-refractivity contribution is 6.31. The quantitative estimate of drug-likeness (QED) is 0.721. The number of hydrogen-bond donors (Lipinski definition) is 1. The minimum atomic E-state index is -0.154. The standard InChI is InChI=1S/C21H27ClN4O2/c1-15-16(21(22)25(2)24-15)10-11-20(27)23-14-18(26-12-6-7-13-26)17-8-4-5-9-19(17)28-3/h4-5,8-11,18H,6-7,12-14H2,1-3H3,(H,23,27)/b11-10+. The lowest BCUT2D eigenvalue weighted by atomic mass is 10.0. The molecule has 3 rings (SSSR count). The molecule has 2 heterocycles. The van der Waals surface area contributed by atoms with Crippen molar-refractivity contribution in [2.45, 2.75) is 25.8 Å². The normalized spacial score (nSPS) is 15.9. The maximum absolute atomic E-state index is 12.4. The number of aromatic nitrogens is 2. The van der Waals surface area contributed by atoms with Crippen molar-refractivity contribution in [2.75, 3.05) is 26.7 Å². The number of halogens is 1. The Morgan fingerprint density at radius 1 is 1.36 bits per heavy atom. The van der Waals surface area contributed by atoms with Gasteiger partial charge in [0.15, 0.2) is 0 Å². The van der Waals surface area contributed by atoms with Crippen LogP contribution in [0.1, 0.15) is 35.7 Å². The second kappa shape index (κ2) is 9.26. The maximum Gasteiger partial charge on any atom is 0.244 e. The second-order valence-electron chi connectivity index (χ2n) is 6.99. The van der Waals surface area contributed by atoms with Crippen LogP contribution in [0.2, 0.25) is 5.15 Å². The number of methoxy groups -OCH3 is 1. The zero-order valence-electron chi connectivity index (χ0n) is 16.6. The van der Waals surface area contributed by atoms with Gasteiger partial charge in [-0.3, -0.25) is 14.4 Å². The summed E-state index contributed by atoms with van der Waals surface area (Å²) >= 11 is 6.22. The van der Waals surface area contributed by atoms with E-state index in [4.69, 9.17) is 16.3 Å². The zero-order valence-corrected chi connectivity index (χ0v) is 17.4. The minimum absolute atomic E-state index is 0.0831. The molecule has 0 bridgehead atoms. The molecule has 1 aromatic carbocycles. The van der Waals surface area contributed by atoms with E-state index in [2.05, 4.69) is 21.4 Å². The number of likely N-dealkylation sites (tertiary alicyclic amines) is 1. The van der Waals surface area contributed by atoms with Crippen molar-refractivity contribution in [3.05, 3.63) is 52.3 Å². The first-order valence-electron chi connectivity index (χ1n) is 9.53. The lowest BCUT2D eigenvalue weighted by molar-refractivity contribution is -0.116. The van der Waals surface area contributed by atoms with Gasteiger partial charge in [-0.1, -0.05) is 29.8 Å². The van der Waals surface area contributed by atoms with Crippen LogP contribution in [0.4, 0.5) is 0 Å². The van der Waals surface area contributed by atoms with Crippen LogP contribution in [0.5, 0.6) is 5.75 Å². The molecule has 1 aromatic heterocycles. The number of rotatable bonds is 7. The summed E-state index contributed by atoms with van der Waals surface area (Å²) in [5.74, 6) is 0.695. The van der Waals surface area contributed by atoms with E-state index in [0.717, 1.165) is 35.7 Å². The van der Waals surface area contributed by atoms with E-state index >= 15 is 0 Å². The Hall–Kier alpha value is -2.31. The number of ether oxygens (including phenoxy) is 1. The van der Waals surface area contributed by atoms with Crippen molar-refractivity contribution in [1.82, 2.24) is 20.0 Å². The molecule has 0 aliphatic carbocycles. The number of aryl methyl sites for hydroxylation is 2. The summed E-state index contributed by atoms with van der Waals surface area (Å²) in [5.41, 5.74) is 2.66. The summed E-state index contributed by atoms with van der Waals surface area (Å²) in [6.45, 7) is 4.44. The Morgan fingerprint density at radius 2 is 2.07 bits per heavy atom. The van der Waals surface area contributed by atoms with Crippen LogP contribution in [0, 0.1) is 6.92 Å². The van der Waals surface area contributed by atoms with Crippen molar-refractivity contribution in [3.63, 3.8) is 0 Å². The third-order valence-corrected chi connectivity index (χ3v) is 5.59. The highest BCUT2D eigenvalue weighted by Crippen LogP contribution is 2.31. The number of nitrogens with zero attached hydrogens (tertiary/aromatic N) is 3. The average molecular weight is 403 g/mol. The Balaban J connectivity index is 1.71. The van der Waals surface area contributed by atoms with Crippen LogP contribution in [0.25, 0.3) is 6.08 Å². The fourth-order valence-electron chi connectivity index (χ4n) is 3.68. The van der Waals surface area contributed by atoms with Crippen molar-refractivity contribution in [1.29, 1.82) is 0 Å². The molecular formula is C21H27ClN4O2. The summed E-state index contributed by atoms with van der Waals surface area (Å²) in [6.07, 6.45) is 5.59. The SMILES string of the molecule is COc1ccccc1C(CNC(=O)/C=C/c1c(C)nn(C)c1Cl)N1CCCC1. The molecule has 0 saturated carbocycles. The van der Waals surface area contributed by atoms with E-state index in [0.29, 0.717) is 11.7 Å². The third-order valence-electron chi connectivity index (χ3n) is 5.15. The Bertz CT molecular complexity index is 856. The van der Waals surface area contributed by atoms with Crippen molar-refractivity contribution < 1.29 is 9.53 Å². The smallest absolute Gasteiger partial charge is 0.244 e. The van der Waals surface area contributed by atoms with E-state index in [1.807, 2.05) is 25.1 Å². The van der Waals surface area contributed by atoms with E-state index in [1.165, 1.54) is 18.9 Å². The van der Waals surface area contributed by atoms with Gasteiger partial charge < -0.3 is 10.1 Å². The molecule has 7 heteroatoms. The number of benzene rings is 1. The predicted octanol–water partition coefficient (Wildman–Crippen LogP) is 3.36. The van der Waals surface area contributed by atoms with Gasteiger partial charge >= 0.3 is 0 Å². The van der Waals surface area contributed by atoms with Gasteiger partial charge in [-0.05, 0) is 45.0 Å². The fraction of sp³-hybridized carbons (Fsp3) is 0.429. The molecule has 1 aliphatic heterocycles. The summed E-state index contributed by atoms with van der Waals surface area (Å²) in [6, 6.07) is 8.09. The Kier molecular flexibility index (Phi) is 6.75. The van der Waals surface area contributed by atoms with Crippen LogP contribution in [-0.4, -0.2) is 47.3 Å². The largest absolute Gasteiger partial charge is 0.496 e. The van der Waals surface area contributed by atoms with Gasteiger partial charge in [0.2, 0.25) is 5.91 Å². The number of carbonyl (C=O) groups excluding carboxylic acids is 1. The predicted molar refractivity (Wildman–Crippen MR) is 112 cm³/mol. The average Bonchev–Trinajstić information content (AvgIpc) is 3.30. The third kappa shape index (κ3) is 4.56. The van der Waals surface area contributed by atoms with Gasteiger partial charge in [0.05, 0.1) is 18.8 Å². The van der Waals surface area contributed by atoms with Crippen LogP contribution in [-0.2, 0) is 11.8 Å². The van der Waals surface area contributed by atoms with Gasteiger partial charge in [-0.15, -0.1) is 0 Å². The van der Waals surface area contributed by atoms with Gasteiger partial charge in [0.25, 0.3) is 0 Å². The molecule has 1 atom stereocenters. The minimum Gasteiger partial charge on any atom is -0.496 e. The lowest BCUT2D eigenvalue weighted by Gasteiger charge is -2.29. The summed E-state index contributed by atoms with van der Waals surface area (Å²) in [5, 5.41) is 7.81. The van der Waals surface area contributed by atoms with E-state index in [-0.39, 0.29) is 11.9 Å². The van der Waals surface area contributed by atoms with Crippen molar-refractivity contribution in [2.24, 2.45) is 7.05 Å². The van der Waals surface area contributed by atoms with Gasteiger partial charge in [-0.25, -0.2) is 0 Å². The summed E-state index contributed by atoms with van der Waals surface area (Å²) < 4.78 is 7.15. The second-order valence-corrected chi connectivity index (χ2v) is 7.35. The Labute approximate surface area is 171 Å². The van der Waals surface area contributed by atoms with Crippen LogP contribution < -0.4 is 10.1 Å². The first-order chi connectivity index (χ1) is 13.5. The molecule has 2 aromatic rings. The van der Waals surface area contributed by atoms with E-state index in [1.54, 1.807) is 24.9 Å². The first kappa shape index (κ1) is 20.4. The first-order valence-corrected chi connectivity index (χ1v) is 9.91. The number of carbonyl (C=O) groups is 1. The maximum atomic E-state index is 12.4. The number of nitrogens with one attached hydrogen (secondary N) is 1. The van der Waals surface area contributed by atoms with E-state index < -0.39 is 0 Å². The zero-order chi connectivity index (χ0) is 20.1. The molecule has 1 aliphatic rings. The van der Waals surface area contributed by atoms with Crippen LogP contribution in [0.15, 0.2) is 30.3 Å². The lowest BCUT2D eigenvalue weighted by Crippen LogP contribution is -2.36. The monoisotopic (exact) mass is 402 g/mol. The number of hydrogen-bond acceptors (Lipinski definition) is 4. The van der Waals surface area contributed by atoms with Gasteiger partial charge in [0, 0.05) is 30.8 Å².